The number of nitrogens with zero attached hydrogens (tertiary/aromatic N) is 2. The molecule has 2 heterocycles. The van der Waals surface area contributed by atoms with Gasteiger partial charge in [-0.25, -0.2) is 0 Å². The van der Waals surface area contributed by atoms with Crippen LogP contribution in [0.15, 0.2) is 42.5 Å². The molecule has 1 amide bonds. The number of fused-ring (bicyclic) bond motifs is 2. The molecular weight excluding hydrogens is 358 g/mol. The van der Waals surface area contributed by atoms with Gasteiger partial charge in [0.2, 0.25) is 5.91 Å². The summed E-state index contributed by atoms with van der Waals surface area (Å²) < 4.78 is 0. The Labute approximate surface area is 171 Å². The second-order valence-corrected chi connectivity index (χ2v) is 8.40. The number of rotatable bonds is 4. The lowest BCUT2D eigenvalue weighted by atomic mass is 9.86. The van der Waals surface area contributed by atoms with Gasteiger partial charge in [0.05, 0.1) is 5.52 Å². The van der Waals surface area contributed by atoms with E-state index in [1.165, 1.54) is 66.7 Å². The molecule has 4 nitrogen and oxygen atoms in total. The van der Waals surface area contributed by atoms with Crippen molar-refractivity contribution in [2.75, 3.05) is 13.1 Å². The Morgan fingerprint density at radius 3 is 2.66 bits per heavy atom. The minimum Gasteiger partial charge on any atom is -0.366 e. The SMILES string of the molecule is NC(=O)c1ccc2c(-c3cccc(CN4CCCC4)c3)c3c(nc2c1)CCCC3. The van der Waals surface area contributed by atoms with Crippen molar-refractivity contribution in [3.63, 3.8) is 0 Å². The third kappa shape index (κ3) is 3.53. The fourth-order valence-electron chi connectivity index (χ4n) is 4.93. The summed E-state index contributed by atoms with van der Waals surface area (Å²) in [7, 11) is 0. The second kappa shape index (κ2) is 7.60. The normalized spacial score (nSPS) is 16.8. The monoisotopic (exact) mass is 385 g/mol. The number of hydrogen-bond acceptors (Lipinski definition) is 3. The maximum absolute atomic E-state index is 11.7. The highest BCUT2D eigenvalue weighted by Crippen LogP contribution is 2.37. The summed E-state index contributed by atoms with van der Waals surface area (Å²) >= 11 is 0. The summed E-state index contributed by atoms with van der Waals surface area (Å²) in [4.78, 5) is 19.2. The third-order valence-electron chi connectivity index (χ3n) is 6.37. The van der Waals surface area contributed by atoms with Gasteiger partial charge in [0.25, 0.3) is 0 Å². The molecule has 0 saturated carbocycles. The van der Waals surface area contributed by atoms with Crippen LogP contribution in [-0.4, -0.2) is 28.9 Å². The largest absolute Gasteiger partial charge is 0.366 e. The number of aryl methyl sites for hydroxylation is 1. The summed E-state index contributed by atoms with van der Waals surface area (Å²) in [5.41, 5.74) is 13.4. The van der Waals surface area contributed by atoms with E-state index in [4.69, 9.17) is 10.7 Å². The molecule has 2 aromatic carbocycles. The number of benzene rings is 2. The van der Waals surface area contributed by atoms with Crippen molar-refractivity contribution >= 4 is 16.8 Å². The van der Waals surface area contributed by atoms with E-state index >= 15 is 0 Å². The first kappa shape index (κ1) is 18.3. The minimum absolute atomic E-state index is 0.402. The number of aromatic nitrogens is 1. The van der Waals surface area contributed by atoms with Gasteiger partial charge in [0, 0.05) is 23.2 Å². The van der Waals surface area contributed by atoms with Crippen LogP contribution in [-0.2, 0) is 19.4 Å². The number of hydrogen-bond donors (Lipinski definition) is 1. The molecule has 0 unspecified atom stereocenters. The van der Waals surface area contributed by atoms with Gasteiger partial charge in [0.1, 0.15) is 0 Å². The minimum atomic E-state index is -0.402. The number of amides is 1. The smallest absolute Gasteiger partial charge is 0.248 e. The molecular formula is C25H27N3O. The topological polar surface area (TPSA) is 59.2 Å². The van der Waals surface area contributed by atoms with Crippen LogP contribution in [0, 0.1) is 0 Å². The number of carbonyl (C=O) groups excluding carboxylic acids is 1. The standard InChI is InChI=1S/C25H27N3O/c26-25(29)19-10-11-21-23(15-19)27-22-9-2-1-8-20(22)24(21)18-7-5-6-17(14-18)16-28-12-3-4-13-28/h5-7,10-11,14-15H,1-4,8-9,12-13,16H2,(H2,26,29). The number of likely N-dealkylation sites (tertiary alicyclic amines) is 1. The third-order valence-corrected chi connectivity index (χ3v) is 6.37. The second-order valence-electron chi connectivity index (χ2n) is 8.40. The number of nitrogens with two attached hydrogens (primary N) is 1. The molecule has 1 aliphatic carbocycles. The molecule has 4 heteroatoms. The van der Waals surface area contributed by atoms with E-state index in [1.54, 1.807) is 0 Å². The van der Waals surface area contributed by atoms with Crippen molar-refractivity contribution in [3.8, 4) is 11.1 Å². The lowest BCUT2D eigenvalue weighted by molar-refractivity contribution is 0.100. The Morgan fingerprint density at radius 1 is 1.00 bits per heavy atom. The van der Waals surface area contributed by atoms with Gasteiger partial charge < -0.3 is 5.73 Å². The first-order valence-corrected chi connectivity index (χ1v) is 10.8. The Bertz CT molecular complexity index is 1080. The highest BCUT2D eigenvalue weighted by molar-refractivity contribution is 6.02. The van der Waals surface area contributed by atoms with E-state index in [-0.39, 0.29) is 0 Å². The summed E-state index contributed by atoms with van der Waals surface area (Å²) in [6, 6.07) is 14.7. The van der Waals surface area contributed by atoms with Crippen molar-refractivity contribution in [2.45, 2.75) is 45.1 Å². The molecule has 2 N–H and O–H groups in total. The van der Waals surface area contributed by atoms with Crippen LogP contribution in [0.25, 0.3) is 22.0 Å². The maximum Gasteiger partial charge on any atom is 0.248 e. The van der Waals surface area contributed by atoms with Crippen molar-refractivity contribution in [2.24, 2.45) is 5.73 Å². The zero-order valence-electron chi connectivity index (χ0n) is 16.8. The van der Waals surface area contributed by atoms with E-state index < -0.39 is 5.91 Å². The molecule has 1 saturated heterocycles. The number of carbonyl (C=O) groups is 1. The van der Waals surface area contributed by atoms with Gasteiger partial charge in [-0.2, -0.15) is 0 Å². The fourth-order valence-corrected chi connectivity index (χ4v) is 4.93. The quantitative estimate of drug-likeness (QED) is 0.721. The van der Waals surface area contributed by atoms with Crippen LogP contribution in [0.4, 0.5) is 0 Å². The lowest BCUT2D eigenvalue weighted by Gasteiger charge is -2.22. The molecule has 3 aromatic rings. The predicted octanol–water partition coefficient (Wildman–Crippen LogP) is 4.48. The first-order valence-electron chi connectivity index (χ1n) is 10.8. The van der Waals surface area contributed by atoms with Crippen LogP contribution < -0.4 is 5.73 Å². The summed E-state index contributed by atoms with van der Waals surface area (Å²) in [6.45, 7) is 3.42. The van der Waals surface area contributed by atoms with Gasteiger partial charge in [-0.15, -0.1) is 0 Å². The molecule has 0 bridgehead atoms. The Hall–Kier alpha value is -2.72. The van der Waals surface area contributed by atoms with Gasteiger partial charge in [0.15, 0.2) is 0 Å². The Kier molecular flexibility index (Phi) is 4.80. The highest BCUT2D eigenvalue weighted by Gasteiger charge is 2.20. The van der Waals surface area contributed by atoms with Gasteiger partial charge in [-0.3, -0.25) is 14.7 Å². The van der Waals surface area contributed by atoms with E-state index in [1.807, 2.05) is 18.2 Å². The Morgan fingerprint density at radius 2 is 1.83 bits per heavy atom. The van der Waals surface area contributed by atoms with Gasteiger partial charge in [-0.05, 0) is 92.1 Å². The van der Waals surface area contributed by atoms with Crippen molar-refractivity contribution in [3.05, 3.63) is 64.8 Å². The summed E-state index contributed by atoms with van der Waals surface area (Å²) in [5.74, 6) is -0.402. The molecule has 0 atom stereocenters. The molecule has 29 heavy (non-hydrogen) atoms. The van der Waals surface area contributed by atoms with Crippen molar-refractivity contribution in [1.29, 1.82) is 0 Å². The highest BCUT2D eigenvalue weighted by atomic mass is 16.1. The summed E-state index contributed by atoms with van der Waals surface area (Å²) in [6.07, 6.45) is 7.08. The van der Waals surface area contributed by atoms with Crippen LogP contribution in [0.5, 0.6) is 0 Å². The molecule has 5 rings (SSSR count). The van der Waals surface area contributed by atoms with Crippen molar-refractivity contribution < 1.29 is 4.79 Å². The molecule has 148 valence electrons. The summed E-state index contributed by atoms with van der Waals surface area (Å²) in [5, 5.41) is 1.12. The molecule has 0 spiro atoms. The average molecular weight is 386 g/mol. The average Bonchev–Trinajstić information content (AvgIpc) is 3.24. The predicted molar refractivity (Wildman–Crippen MR) is 117 cm³/mol. The van der Waals surface area contributed by atoms with Crippen LogP contribution >= 0.6 is 0 Å². The van der Waals surface area contributed by atoms with Crippen LogP contribution in [0.2, 0.25) is 0 Å². The molecule has 1 aliphatic heterocycles. The molecule has 2 aliphatic rings. The van der Waals surface area contributed by atoms with Crippen LogP contribution in [0.1, 0.15) is 52.9 Å². The van der Waals surface area contributed by atoms with E-state index in [9.17, 15) is 4.79 Å². The zero-order chi connectivity index (χ0) is 19.8. The molecule has 1 fully saturated rings. The van der Waals surface area contributed by atoms with Crippen LogP contribution in [0.3, 0.4) is 0 Å². The van der Waals surface area contributed by atoms with E-state index in [2.05, 4.69) is 29.2 Å². The van der Waals surface area contributed by atoms with Gasteiger partial charge >= 0.3 is 0 Å². The Balaban J connectivity index is 1.66. The zero-order valence-corrected chi connectivity index (χ0v) is 16.8. The van der Waals surface area contributed by atoms with E-state index in [0.717, 1.165) is 30.3 Å². The maximum atomic E-state index is 11.7. The number of primary amides is 1. The first-order chi connectivity index (χ1) is 14.2. The van der Waals surface area contributed by atoms with Gasteiger partial charge in [-0.1, -0.05) is 24.3 Å². The number of pyridine rings is 1. The molecule has 0 radical (unpaired) electrons. The lowest BCUT2D eigenvalue weighted by Crippen LogP contribution is -2.18. The fraction of sp³-hybridized carbons (Fsp3) is 0.360. The molecule has 1 aromatic heterocycles. The van der Waals surface area contributed by atoms with E-state index in [0.29, 0.717) is 5.56 Å². The van der Waals surface area contributed by atoms with Crippen molar-refractivity contribution in [1.82, 2.24) is 9.88 Å².